The number of likely N-dealkylation sites (N-methyl/N-ethyl adjacent to an activating group) is 1. The number of carbonyl (C=O) groups excluding carboxylic acids is 2. The Bertz CT molecular complexity index is 899. The van der Waals surface area contributed by atoms with Crippen LogP contribution in [0.4, 0.5) is 0 Å². The molecule has 30 heavy (non-hydrogen) atoms. The minimum atomic E-state index is -0.620. The first-order chi connectivity index (χ1) is 14.3. The number of methoxy groups -OCH3 is 1. The van der Waals surface area contributed by atoms with Crippen LogP contribution in [0.15, 0.2) is 34.9 Å². The third kappa shape index (κ3) is 5.85. The highest BCUT2D eigenvalue weighted by atomic mass is 16.5. The van der Waals surface area contributed by atoms with Crippen LogP contribution in [0, 0.1) is 13.8 Å². The normalized spacial score (nSPS) is 10.4. The summed E-state index contributed by atoms with van der Waals surface area (Å²) in [7, 11) is 1.48. The van der Waals surface area contributed by atoms with E-state index in [-0.39, 0.29) is 24.7 Å². The van der Waals surface area contributed by atoms with Crippen molar-refractivity contribution in [2.45, 2.75) is 34.3 Å². The number of amides is 1. The molecule has 0 aliphatic rings. The molecule has 0 aliphatic heterocycles. The molecular weight excluding hydrogens is 388 g/mol. The highest BCUT2D eigenvalue weighted by Gasteiger charge is 2.18. The summed E-state index contributed by atoms with van der Waals surface area (Å²) in [5.41, 5.74) is 2.72. The Labute approximate surface area is 176 Å². The third-order valence-corrected chi connectivity index (χ3v) is 4.47. The van der Waals surface area contributed by atoms with Gasteiger partial charge in [0, 0.05) is 13.1 Å². The molecule has 2 rings (SSSR count). The van der Waals surface area contributed by atoms with E-state index in [2.05, 4.69) is 11.7 Å². The molecule has 1 amide bonds. The number of ether oxygens (including phenoxy) is 3. The van der Waals surface area contributed by atoms with Crippen molar-refractivity contribution >= 4 is 11.9 Å². The molecule has 0 radical (unpaired) electrons. The van der Waals surface area contributed by atoms with Crippen molar-refractivity contribution in [1.82, 2.24) is 10.1 Å². The van der Waals surface area contributed by atoms with E-state index >= 15 is 0 Å². The number of carbonyl (C=O) groups is 2. The fraction of sp³-hybridized carbons (Fsp3) is 0.409. The van der Waals surface area contributed by atoms with Crippen molar-refractivity contribution in [2.24, 2.45) is 0 Å². The van der Waals surface area contributed by atoms with Crippen LogP contribution in [0.2, 0.25) is 0 Å². The zero-order chi connectivity index (χ0) is 22.3. The second-order valence-electron chi connectivity index (χ2n) is 6.90. The van der Waals surface area contributed by atoms with Crippen LogP contribution < -0.4 is 9.47 Å². The fourth-order valence-electron chi connectivity index (χ4n) is 2.78. The number of aryl methyl sites for hydroxylation is 2. The van der Waals surface area contributed by atoms with Crippen LogP contribution in [0.25, 0.3) is 0 Å². The first-order valence-electron chi connectivity index (χ1n) is 9.58. The quantitative estimate of drug-likeness (QED) is 0.433. The minimum absolute atomic E-state index is 0.255. The minimum Gasteiger partial charge on any atom is -0.493 e. The maximum Gasteiger partial charge on any atom is 0.338 e. The van der Waals surface area contributed by atoms with Gasteiger partial charge in [0.15, 0.2) is 18.1 Å². The summed E-state index contributed by atoms with van der Waals surface area (Å²) in [6.45, 7) is 12.0. The number of aromatic nitrogens is 1. The highest BCUT2D eigenvalue weighted by molar-refractivity contribution is 5.92. The zero-order valence-corrected chi connectivity index (χ0v) is 18.1. The van der Waals surface area contributed by atoms with Crippen molar-refractivity contribution in [1.29, 1.82) is 0 Å². The van der Waals surface area contributed by atoms with Gasteiger partial charge in [0.2, 0.25) is 0 Å². The summed E-state index contributed by atoms with van der Waals surface area (Å²) in [6.07, 6.45) is 0. The average Bonchev–Trinajstić information content (AvgIpc) is 3.05. The van der Waals surface area contributed by atoms with Gasteiger partial charge in [-0.3, -0.25) is 4.79 Å². The first-order valence-corrected chi connectivity index (χ1v) is 9.58. The molecule has 0 fully saturated rings. The lowest BCUT2D eigenvalue weighted by Gasteiger charge is -2.20. The molecule has 2 aromatic rings. The number of nitrogens with zero attached hydrogens (tertiary/aromatic N) is 2. The summed E-state index contributed by atoms with van der Waals surface area (Å²) < 4.78 is 21.4. The molecule has 0 atom stereocenters. The fourth-order valence-corrected chi connectivity index (χ4v) is 2.78. The molecule has 1 aromatic carbocycles. The monoisotopic (exact) mass is 416 g/mol. The van der Waals surface area contributed by atoms with Crippen molar-refractivity contribution in [2.75, 3.05) is 26.8 Å². The average molecular weight is 416 g/mol. The Morgan fingerprint density at radius 2 is 1.97 bits per heavy atom. The molecule has 0 saturated carbocycles. The number of hydrogen-bond acceptors (Lipinski definition) is 7. The zero-order valence-electron chi connectivity index (χ0n) is 18.1. The molecule has 8 heteroatoms. The summed E-state index contributed by atoms with van der Waals surface area (Å²) in [6, 6.07) is 4.69. The van der Waals surface area contributed by atoms with Crippen LogP contribution in [-0.4, -0.2) is 48.7 Å². The van der Waals surface area contributed by atoms with Crippen molar-refractivity contribution in [3.8, 4) is 11.5 Å². The standard InChI is InChI=1S/C22H28N2O6/c1-7-24(11-14(2)3)21(25)13-29-22(26)17-8-9-19(20(10-17)27-6)28-12-18-15(4)23-30-16(18)5/h8-10H,2,7,11-13H2,1,3-6H3. The Hall–Kier alpha value is -3.29. The molecule has 0 saturated heterocycles. The molecular formula is C22H28N2O6. The van der Waals surface area contributed by atoms with Crippen LogP contribution in [0.5, 0.6) is 11.5 Å². The summed E-state index contributed by atoms with van der Waals surface area (Å²) in [5, 5.41) is 3.89. The molecule has 0 unspecified atom stereocenters. The largest absolute Gasteiger partial charge is 0.493 e. The second-order valence-corrected chi connectivity index (χ2v) is 6.90. The van der Waals surface area contributed by atoms with Crippen LogP contribution in [0.3, 0.4) is 0 Å². The van der Waals surface area contributed by atoms with E-state index in [1.165, 1.54) is 13.2 Å². The van der Waals surface area contributed by atoms with Gasteiger partial charge in [-0.15, -0.1) is 0 Å². The topological polar surface area (TPSA) is 91.1 Å². The molecule has 1 aromatic heterocycles. The summed E-state index contributed by atoms with van der Waals surface area (Å²) >= 11 is 0. The first kappa shape index (κ1) is 23.0. The molecule has 162 valence electrons. The van der Waals surface area contributed by atoms with Crippen LogP contribution in [-0.2, 0) is 16.1 Å². The van der Waals surface area contributed by atoms with E-state index < -0.39 is 5.97 Å². The van der Waals surface area contributed by atoms with Gasteiger partial charge < -0.3 is 23.6 Å². The highest BCUT2D eigenvalue weighted by Crippen LogP contribution is 2.29. The Kier molecular flexibility index (Phi) is 8.03. The van der Waals surface area contributed by atoms with Crippen molar-refractivity contribution in [3.63, 3.8) is 0 Å². The molecule has 0 bridgehead atoms. The predicted octanol–water partition coefficient (Wildman–Crippen LogP) is 3.46. The van der Waals surface area contributed by atoms with Crippen molar-refractivity contribution in [3.05, 3.63) is 52.9 Å². The Morgan fingerprint density at radius 1 is 1.23 bits per heavy atom. The van der Waals surface area contributed by atoms with Crippen molar-refractivity contribution < 1.29 is 28.3 Å². The predicted molar refractivity (Wildman–Crippen MR) is 111 cm³/mol. The van der Waals surface area contributed by atoms with Crippen LogP contribution >= 0.6 is 0 Å². The molecule has 1 heterocycles. The van der Waals surface area contributed by atoms with E-state index in [9.17, 15) is 9.59 Å². The smallest absolute Gasteiger partial charge is 0.338 e. The molecule has 8 nitrogen and oxygen atoms in total. The number of hydrogen-bond donors (Lipinski definition) is 0. The third-order valence-electron chi connectivity index (χ3n) is 4.47. The Balaban J connectivity index is 2.01. The second kappa shape index (κ2) is 10.5. The molecule has 0 spiro atoms. The number of rotatable bonds is 10. The van der Waals surface area contributed by atoms with Gasteiger partial charge in [-0.2, -0.15) is 0 Å². The van der Waals surface area contributed by atoms with Gasteiger partial charge in [-0.05, 0) is 45.9 Å². The Morgan fingerprint density at radius 3 is 2.53 bits per heavy atom. The number of benzene rings is 1. The summed E-state index contributed by atoms with van der Waals surface area (Å²) in [5.74, 6) is 0.624. The van der Waals surface area contributed by atoms with Gasteiger partial charge in [0.05, 0.1) is 23.9 Å². The maximum atomic E-state index is 12.4. The van der Waals surface area contributed by atoms with E-state index in [0.717, 1.165) is 16.8 Å². The van der Waals surface area contributed by atoms with E-state index in [1.54, 1.807) is 17.0 Å². The van der Waals surface area contributed by atoms with E-state index in [4.69, 9.17) is 18.7 Å². The number of esters is 1. The summed E-state index contributed by atoms with van der Waals surface area (Å²) in [4.78, 5) is 26.2. The molecule has 0 aliphatic carbocycles. The lowest BCUT2D eigenvalue weighted by Crippen LogP contribution is -2.35. The van der Waals surface area contributed by atoms with E-state index in [0.29, 0.717) is 30.3 Å². The lowest BCUT2D eigenvalue weighted by molar-refractivity contribution is -0.133. The SMILES string of the molecule is C=C(C)CN(CC)C(=O)COC(=O)c1ccc(OCc2c(C)noc2C)c(OC)c1. The van der Waals surface area contributed by atoms with Gasteiger partial charge in [-0.1, -0.05) is 17.3 Å². The van der Waals surface area contributed by atoms with Gasteiger partial charge in [0.25, 0.3) is 5.91 Å². The van der Waals surface area contributed by atoms with Gasteiger partial charge >= 0.3 is 5.97 Å². The van der Waals surface area contributed by atoms with E-state index in [1.807, 2.05) is 27.7 Å². The van der Waals surface area contributed by atoms with Gasteiger partial charge in [-0.25, -0.2) is 4.79 Å². The maximum absolute atomic E-state index is 12.4. The lowest BCUT2D eigenvalue weighted by atomic mass is 10.2. The van der Waals surface area contributed by atoms with Gasteiger partial charge in [0.1, 0.15) is 12.4 Å². The van der Waals surface area contributed by atoms with Crippen LogP contribution in [0.1, 0.15) is 41.2 Å². The molecule has 0 N–H and O–H groups in total.